The Labute approximate surface area is 381 Å². The zero-order valence-electron chi connectivity index (χ0n) is 35.9. The molecular formula is C59H41N7. The fourth-order valence-corrected chi connectivity index (χ4v) is 9.47. The minimum absolute atomic E-state index is 0.215. The van der Waals surface area contributed by atoms with E-state index in [0.29, 0.717) is 17.6 Å². The summed E-state index contributed by atoms with van der Waals surface area (Å²) in [6.45, 7) is 0. The van der Waals surface area contributed by atoms with E-state index in [-0.39, 0.29) is 5.84 Å². The molecule has 11 aromatic rings. The Hall–Kier alpha value is -8.81. The van der Waals surface area contributed by atoms with Gasteiger partial charge in [-0.3, -0.25) is 9.98 Å². The number of para-hydroxylation sites is 1. The molecule has 0 fully saturated rings. The lowest BCUT2D eigenvalue weighted by atomic mass is 10.0. The van der Waals surface area contributed by atoms with E-state index in [1.54, 1.807) is 0 Å². The molecule has 0 amide bonds. The van der Waals surface area contributed by atoms with E-state index in [4.69, 9.17) is 25.4 Å². The Morgan fingerprint density at radius 2 is 1.09 bits per heavy atom. The molecule has 1 N–H and O–H groups in total. The van der Waals surface area contributed by atoms with Gasteiger partial charge in [-0.25, -0.2) is 9.98 Å². The summed E-state index contributed by atoms with van der Waals surface area (Å²) in [4.78, 5) is 20.8. The van der Waals surface area contributed by atoms with Crippen LogP contribution >= 0.6 is 0 Å². The van der Waals surface area contributed by atoms with Gasteiger partial charge < -0.3 is 4.57 Å². The number of rotatable bonds is 8. The second-order valence-corrected chi connectivity index (χ2v) is 16.5. The molecule has 0 aliphatic heterocycles. The summed E-state index contributed by atoms with van der Waals surface area (Å²) in [5, 5.41) is 12.4. The number of benzene rings is 8. The molecule has 12 rings (SSSR count). The van der Waals surface area contributed by atoms with Crippen LogP contribution in [0.2, 0.25) is 0 Å². The predicted octanol–water partition coefficient (Wildman–Crippen LogP) is 13.7. The fourth-order valence-electron chi connectivity index (χ4n) is 9.47. The Morgan fingerprint density at radius 1 is 0.485 bits per heavy atom. The van der Waals surface area contributed by atoms with Crippen LogP contribution in [0, 0.1) is 5.41 Å². The number of aliphatic imine (C=N–C) groups is 1. The second kappa shape index (κ2) is 16.4. The van der Waals surface area contributed by atoms with E-state index in [9.17, 15) is 0 Å². The zero-order chi connectivity index (χ0) is 44.0. The standard InChI is InChI=1S/C59H41N7/c60-56(42-22-9-3-10-23-42)61-54(40-20-7-2-8-21-40)41-32-34-46(35-33-41)65-51-31-16-14-29-49(51)53-52(65)37-36-48-47-28-13-15-30-50(47)66(55(48)53)59-63-57(43-24-11-4-12-25-43)62-58(64-59)45-27-17-26-44(38-45)39-18-5-1-6-19-39/h1-14,16-29,31-38,60H,15,30H2/b60-56?,61-54-. The number of hydrogen-bond acceptors (Lipinski definition) is 4. The number of aromatic nitrogens is 5. The Balaban J connectivity index is 1.06. The minimum atomic E-state index is 0.215. The van der Waals surface area contributed by atoms with Crippen molar-refractivity contribution in [2.24, 2.45) is 4.99 Å². The number of amidine groups is 1. The summed E-state index contributed by atoms with van der Waals surface area (Å²) in [7, 11) is 0. The summed E-state index contributed by atoms with van der Waals surface area (Å²) < 4.78 is 4.67. The fraction of sp³-hybridized carbons (Fsp3) is 0.0339. The molecule has 1 aliphatic rings. The second-order valence-electron chi connectivity index (χ2n) is 16.5. The van der Waals surface area contributed by atoms with Gasteiger partial charge in [0, 0.05) is 60.9 Å². The number of fused-ring (bicyclic) bond motifs is 7. The number of nitrogens with one attached hydrogen (secondary N) is 1. The van der Waals surface area contributed by atoms with Crippen molar-refractivity contribution in [2.75, 3.05) is 0 Å². The first kappa shape index (κ1) is 38.8. The first-order valence-corrected chi connectivity index (χ1v) is 22.3. The summed E-state index contributed by atoms with van der Waals surface area (Å²) in [5.41, 5.74) is 14.1. The third-order valence-electron chi connectivity index (χ3n) is 12.5. The normalized spacial score (nSPS) is 12.5. The van der Waals surface area contributed by atoms with Crippen molar-refractivity contribution in [3.63, 3.8) is 0 Å². The number of nitrogens with zero attached hydrogens (tertiary/aromatic N) is 6. The van der Waals surface area contributed by atoms with Crippen molar-refractivity contribution in [3.05, 3.63) is 240 Å². The summed E-state index contributed by atoms with van der Waals surface area (Å²) in [6, 6.07) is 70.7. The first-order chi connectivity index (χ1) is 32.7. The van der Waals surface area contributed by atoms with Crippen molar-refractivity contribution >= 4 is 50.3 Å². The van der Waals surface area contributed by atoms with E-state index >= 15 is 0 Å². The predicted molar refractivity (Wildman–Crippen MR) is 270 cm³/mol. The van der Waals surface area contributed by atoms with Crippen LogP contribution in [0.1, 0.15) is 34.4 Å². The summed E-state index contributed by atoms with van der Waals surface area (Å²) in [6.07, 6.45) is 6.32. The van der Waals surface area contributed by atoms with E-state index < -0.39 is 0 Å². The molecule has 7 heteroatoms. The van der Waals surface area contributed by atoms with Crippen LogP contribution in [0.4, 0.5) is 0 Å². The van der Waals surface area contributed by atoms with Gasteiger partial charge in [-0.1, -0.05) is 188 Å². The van der Waals surface area contributed by atoms with Crippen LogP contribution in [-0.4, -0.2) is 35.6 Å². The lowest BCUT2D eigenvalue weighted by Gasteiger charge is -2.15. The van der Waals surface area contributed by atoms with Crippen molar-refractivity contribution < 1.29 is 0 Å². The molecule has 0 saturated heterocycles. The Bertz CT molecular complexity index is 3680. The van der Waals surface area contributed by atoms with Gasteiger partial charge in [0.25, 0.3) is 0 Å². The van der Waals surface area contributed by atoms with Gasteiger partial charge in [-0.15, -0.1) is 0 Å². The van der Waals surface area contributed by atoms with Gasteiger partial charge in [0.2, 0.25) is 5.95 Å². The molecule has 3 heterocycles. The monoisotopic (exact) mass is 847 g/mol. The Morgan fingerprint density at radius 3 is 1.83 bits per heavy atom. The SMILES string of the molecule is N=C(/N=C(/c1ccccc1)c1ccc(-n2c3ccccc3c3c4c(ccc32)c2c(n4-c3nc(-c4ccccc4)nc(-c4cccc(-c5ccccc5)c4)n3)CCC=C2)cc1)c1ccccc1. The smallest absolute Gasteiger partial charge is 0.238 e. The van der Waals surface area contributed by atoms with Gasteiger partial charge in [0.1, 0.15) is 0 Å². The lowest BCUT2D eigenvalue weighted by Crippen LogP contribution is -2.10. The maximum Gasteiger partial charge on any atom is 0.238 e. The molecule has 0 atom stereocenters. The van der Waals surface area contributed by atoms with Gasteiger partial charge in [0.15, 0.2) is 17.5 Å². The summed E-state index contributed by atoms with van der Waals surface area (Å²) in [5.74, 6) is 2.04. The molecule has 3 aromatic heterocycles. The maximum absolute atomic E-state index is 8.93. The average Bonchev–Trinajstić information content (AvgIpc) is 3.92. The average molecular weight is 848 g/mol. The molecule has 0 radical (unpaired) electrons. The number of hydrogen-bond donors (Lipinski definition) is 1. The van der Waals surface area contributed by atoms with Crippen LogP contribution in [0.3, 0.4) is 0 Å². The lowest BCUT2D eigenvalue weighted by molar-refractivity contribution is 0.840. The molecule has 0 saturated carbocycles. The van der Waals surface area contributed by atoms with Crippen molar-refractivity contribution in [2.45, 2.75) is 12.8 Å². The molecule has 0 spiro atoms. The van der Waals surface area contributed by atoms with Crippen molar-refractivity contribution in [3.8, 4) is 45.5 Å². The van der Waals surface area contributed by atoms with Gasteiger partial charge >= 0.3 is 0 Å². The molecule has 0 bridgehead atoms. The molecule has 1 aliphatic carbocycles. The van der Waals surface area contributed by atoms with E-state index in [1.165, 1.54) is 11.3 Å². The highest BCUT2D eigenvalue weighted by Gasteiger charge is 2.26. The van der Waals surface area contributed by atoms with Gasteiger partial charge in [0.05, 0.1) is 22.3 Å². The Kier molecular flexibility index (Phi) is 9.64. The summed E-state index contributed by atoms with van der Waals surface area (Å²) >= 11 is 0. The van der Waals surface area contributed by atoms with Crippen LogP contribution in [0.15, 0.2) is 217 Å². The van der Waals surface area contributed by atoms with Crippen molar-refractivity contribution in [1.82, 2.24) is 24.1 Å². The quantitative estimate of drug-likeness (QED) is 0.122. The van der Waals surface area contributed by atoms with Crippen LogP contribution in [0.5, 0.6) is 0 Å². The van der Waals surface area contributed by atoms with Crippen LogP contribution < -0.4 is 0 Å². The highest BCUT2D eigenvalue weighted by molar-refractivity contribution is 6.22. The van der Waals surface area contributed by atoms with Gasteiger partial charge in [-0.2, -0.15) is 9.97 Å². The molecule has 8 aromatic carbocycles. The van der Waals surface area contributed by atoms with E-state index in [1.807, 2.05) is 84.9 Å². The van der Waals surface area contributed by atoms with Crippen molar-refractivity contribution in [1.29, 1.82) is 5.41 Å². The molecule has 7 nitrogen and oxygen atoms in total. The maximum atomic E-state index is 8.93. The van der Waals surface area contributed by atoms with E-state index in [0.717, 1.165) is 95.9 Å². The molecule has 312 valence electrons. The molecule has 66 heavy (non-hydrogen) atoms. The highest BCUT2D eigenvalue weighted by atomic mass is 15.2. The minimum Gasteiger partial charge on any atom is -0.309 e. The number of allylic oxidation sites excluding steroid dienone is 1. The third-order valence-corrected chi connectivity index (χ3v) is 12.5. The van der Waals surface area contributed by atoms with Gasteiger partial charge in [-0.05, 0) is 54.3 Å². The van der Waals surface area contributed by atoms with E-state index in [2.05, 4.69) is 143 Å². The topological polar surface area (TPSA) is 84.7 Å². The molecular weight excluding hydrogens is 807 g/mol. The third kappa shape index (κ3) is 6.82. The highest BCUT2D eigenvalue weighted by Crippen LogP contribution is 2.42. The largest absolute Gasteiger partial charge is 0.309 e. The van der Waals surface area contributed by atoms with Crippen LogP contribution in [-0.2, 0) is 6.42 Å². The molecule has 0 unspecified atom stereocenters. The zero-order valence-corrected chi connectivity index (χ0v) is 35.9. The first-order valence-electron chi connectivity index (χ1n) is 22.3. The van der Waals surface area contributed by atoms with Crippen LogP contribution in [0.25, 0.3) is 84.3 Å².